The van der Waals surface area contributed by atoms with Gasteiger partial charge in [0, 0.05) is 11.4 Å². The maximum absolute atomic E-state index is 12.0. The molecule has 0 atom stereocenters. The van der Waals surface area contributed by atoms with E-state index in [0.29, 0.717) is 0 Å². The second-order valence-corrected chi connectivity index (χ2v) is 4.54. The molecule has 0 spiro atoms. The van der Waals surface area contributed by atoms with Gasteiger partial charge in [0.15, 0.2) is 0 Å². The van der Waals surface area contributed by atoms with Crippen molar-refractivity contribution >= 4 is 23.4 Å². The van der Waals surface area contributed by atoms with Crippen LogP contribution in [0.1, 0.15) is 10.4 Å². The Balaban J connectivity index is 1.97. The number of hydrogen-bond acceptors (Lipinski definition) is 3. The van der Waals surface area contributed by atoms with Gasteiger partial charge in [0.05, 0.1) is 5.56 Å². The zero-order chi connectivity index (χ0) is 17.7. The largest absolute Gasteiger partial charge is 0.573 e. The number of carbonyl (C=O) groups excluding carboxylic acids is 1. The summed E-state index contributed by atoms with van der Waals surface area (Å²) in [6.07, 6.45) is -4.79. The Morgan fingerprint density at radius 2 is 1.58 bits per heavy atom. The number of carbonyl (C=O) groups is 2. The van der Waals surface area contributed by atoms with Gasteiger partial charge in [-0.05, 0) is 42.5 Å². The SMILES string of the molecule is O=C(Nc1ccc(OC(F)(F)F)cc1)Nc1cccc(C(=O)O)c1. The molecule has 0 radical (unpaired) electrons. The smallest absolute Gasteiger partial charge is 0.478 e. The molecule has 2 aromatic rings. The molecule has 2 aromatic carbocycles. The standard InChI is InChI=1S/C15H11F3N2O4/c16-15(17,18)24-12-6-4-10(5-7-12)19-14(23)20-11-3-1-2-9(8-11)13(21)22/h1-8H,(H,21,22)(H2,19,20,23). The lowest BCUT2D eigenvalue weighted by Crippen LogP contribution is -2.20. The predicted molar refractivity (Wildman–Crippen MR) is 79.2 cm³/mol. The topological polar surface area (TPSA) is 87.7 Å². The van der Waals surface area contributed by atoms with E-state index in [1.165, 1.54) is 36.4 Å². The summed E-state index contributed by atoms with van der Waals surface area (Å²) in [6.45, 7) is 0. The molecule has 3 N–H and O–H groups in total. The van der Waals surface area contributed by atoms with Gasteiger partial charge in [-0.2, -0.15) is 0 Å². The van der Waals surface area contributed by atoms with Crippen LogP contribution in [0.5, 0.6) is 5.75 Å². The molecule has 24 heavy (non-hydrogen) atoms. The minimum atomic E-state index is -4.79. The van der Waals surface area contributed by atoms with E-state index in [-0.39, 0.29) is 16.9 Å². The van der Waals surface area contributed by atoms with Crippen molar-refractivity contribution in [1.82, 2.24) is 0 Å². The highest BCUT2D eigenvalue weighted by atomic mass is 19.4. The number of carboxylic acid groups (broad SMARTS) is 1. The quantitative estimate of drug-likeness (QED) is 0.787. The Hall–Kier alpha value is -3.23. The number of carboxylic acids is 1. The predicted octanol–water partition coefficient (Wildman–Crippen LogP) is 3.93. The zero-order valence-electron chi connectivity index (χ0n) is 11.9. The van der Waals surface area contributed by atoms with Crippen molar-refractivity contribution in [3.8, 4) is 5.75 Å². The number of rotatable bonds is 4. The molecule has 0 aliphatic heterocycles. The number of ether oxygens (including phenoxy) is 1. The number of alkyl halides is 3. The monoisotopic (exact) mass is 340 g/mol. The van der Waals surface area contributed by atoms with Crippen molar-refractivity contribution < 1.29 is 32.6 Å². The summed E-state index contributed by atoms with van der Waals surface area (Å²) in [4.78, 5) is 22.6. The number of urea groups is 1. The van der Waals surface area contributed by atoms with Gasteiger partial charge in [-0.25, -0.2) is 9.59 Å². The minimum absolute atomic E-state index is 0.00134. The molecule has 0 saturated carbocycles. The van der Waals surface area contributed by atoms with Crippen molar-refractivity contribution in [3.63, 3.8) is 0 Å². The highest BCUT2D eigenvalue weighted by Gasteiger charge is 2.30. The molecule has 126 valence electrons. The van der Waals surface area contributed by atoms with Crippen LogP contribution < -0.4 is 15.4 Å². The number of hydrogen-bond donors (Lipinski definition) is 3. The van der Waals surface area contributed by atoms with E-state index < -0.39 is 24.1 Å². The summed E-state index contributed by atoms with van der Waals surface area (Å²) in [5.74, 6) is -1.55. The van der Waals surface area contributed by atoms with E-state index in [1.807, 2.05) is 0 Å². The van der Waals surface area contributed by atoms with Crippen LogP contribution in [-0.2, 0) is 0 Å². The first-order valence-electron chi connectivity index (χ1n) is 6.50. The first-order chi connectivity index (χ1) is 11.2. The van der Waals surface area contributed by atoms with Gasteiger partial charge in [-0.15, -0.1) is 13.2 Å². The summed E-state index contributed by atoms with van der Waals surface area (Å²) in [5.41, 5.74) is 0.488. The molecule has 2 rings (SSSR count). The Bertz CT molecular complexity index is 745. The highest BCUT2D eigenvalue weighted by molar-refractivity contribution is 6.00. The Morgan fingerprint density at radius 3 is 2.17 bits per heavy atom. The highest BCUT2D eigenvalue weighted by Crippen LogP contribution is 2.24. The van der Waals surface area contributed by atoms with Gasteiger partial charge in [-0.1, -0.05) is 6.07 Å². The average molecular weight is 340 g/mol. The van der Waals surface area contributed by atoms with Crippen LogP contribution in [0.15, 0.2) is 48.5 Å². The summed E-state index contributed by atoms with van der Waals surface area (Å²) in [5, 5.41) is 13.7. The lowest BCUT2D eigenvalue weighted by molar-refractivity contribution is -0.274. The van der Waals surface area contributed by atoms with Crippen LogP contribution in [0.3, 0.4) is 0 Å². The number of halogens is 3. The number of aromatic carboxylic acids is 1. The second kappa shape index (κ2) is 6.90. The number of benzene rings is 2. The molecule has 0 aliphatic carbocycles. The Kier molecular flexibility index (Phi) is 4.93. The third kappa shape index (κ3) is 5.20. The molecule has 0 bridgehead atoms. The number of amides is 2. The van der Waals surface area contributed by atoms with Crippen molar-refractivity contribution in [2.45, 2.75) is 6.36 Å². The molecule has 9 heteroatoms. The van der Waals surface area contributed by atoms with Crippen LogP contribution in [0.2, 0.25) is 0 Å². The number of anilines is 2. The summed E-state index contributed by atoms with van der Waals surface area (Å²) in [7, 11) is 0. The molecule has 2 amide bonds. The van der Waals surface area contributed by atoms with Crippen molar-refractivity contribution in [1.29, 1.82) is 0 Å². The molecular weight excluding hydrogens is 329 g/mol. The Labute approximate surface area is 133 Å². The molecule has 0 aromatic heterocycles. The third-order valence-corrected chi connectivity index (χ3v) is 2.71. The first kappa shape index (κ1) is 17.1. The summed E-state index contributed by atoms with van der Waals surface area (Å²) in [6, 6.07) is 9.47. The normalized spacial score (nSPS) is 10.8. The van der Waals surface area contributed by atoms with E-state index in [1.54, 1.807) is 0 Å². The van der Waals surface area contributed by atoms with E-state index in [0.717, 1.165) is 12.1 Å². The third-order valence-electron chi connectivity index (χ3n) is 2.71. The summed E-state index contributed by atoms with van der Waals surface area (Å²) < 4.78 is 39.8. The molecule has 0 heterocycles. The maximum Gasteiger partial charge on any atom is 0.573 e. The zero-order valence-corrected chi connectivity index (χ0v) is 11.9. The first-order valence-corrected chi connectivity index (χ1v) is 6.50. The lowest BCUT2D eigenvalue weighted by Gasteiger charge is -2.10. The fourth-order valence-electron chi connectivity index (χ4n) is 1.76. The van der Waals surface area contributed by atoms with Gasteiger partial charge >= 0.3 is 18.4 Å². The number of nitrogens with one attached hydrogen (secondary N) is 2. The summed E-state index contributed by atoms with van der Waals surface area (Å²) >= 11 is 0. The molecule has 0 saturated heterocycles. The van der Waals surface area contributed by atoms with Gasteiger partial charge in [0.1, 0.15) is 5.75 Å². The van der Waals surface area contributed by atoms with E-state index in [9.17, 15) is 22.8 Å². The van der Waals surface area contributed by atoms with E-state index in [2.05, 4.69) is 15.4 Å². The van der Waals surface area contributed by atoms with Crippen molar-refractivity contribution in [2.75, 3.05) is 10.6 Å². The Morgan fingerprint density at radius 1 is 0.958 bits per heavy atom. The average Bonchev–Trinajstić information content (AvgIpc) is 2.48. The molecule has 0 aliphatic rings. The van der Waals surface area contributed by atoms with E-state index >= 15 is 0 Å². The van der Waals surface area contributed by atoms with Crippen LogP contribution in [0, 0.1) is 0 Å². The minimum Gasteiger partial charge on any atom is -0.478 e. The van der Waals surface area contributed by atoms with Gasteiger partial charge in [0.25, 0.3) is 0 Å². The van der Waals surface area contributed by atoms with Crippen molar-refractivity contribution in [3.05, 3.63) is 54.1 Å². The van der Waals surface area contributed by atoms with E-state index in [4.69, 9.17) is 5.11 Å². The maximum atomic E-state index is 12.0. The lowest BCUT2D eigenvalue weighted by atomic mass is 10.2. The van der Waals surface area contributed by atoms with Crippen LogP contribution in [0.25, 0.3) is 0 Å². The molecule has 0 fully saturated rings. The van der Waals surface area contributed by atoms with Crippen molar-refractivity contribution in [2.24, 2.45) is 0 Å². The van der Waals surface area contributed by atoms with Gasteiger partial charge in [0.2, 0.25) is 0 Å². The fourth-order valence-corrected chi connectivity index (χ4v) is 1.76. The van der Waals surface area contributed by atoms with Crippen LogP contribution >= 0.6 is 0 Å². The molecular formula is C15H11F3N2O4. The van der Waals surface area contributed by atoms with Gasteiger partial charge in [-0.3, -0.25) is 0 Å². The molecule has 6 nitrogen and oxygen atoms in total. The molecule has 0 unspecified atom stereocenters. The fraction of sp³-hybridized carbons (Fsp3) is 0.0667. The second-order valence-electron chi connectivity index (χ2n) is 4.54. The van der Waals surface area contributed by atoms with Crippen LogP contribution in [0.4, 0.5) is 29.3 Å². The van der Waals surface area contributed by atoms with Crippen LogP contribution in [-0.4, -0.2) is 23.5 Å². The van der Waals surface area contributed by atoms with Gasteiger partial charge < -0.3 is 20.5 Å².